The highest BCUT2D eigenvalue weighted by Gasteiger charge is 2.26. The number of rotatable bonds is 6. The van der Waals surface area contributed by atoms with Gasteiger partial charge >= 0.3 is 0 Å². The van der Waals surface area contributed by atoms with Crippen LogP contribution in [0.1, 0.15) is 32.1 Å². The number of nitrogens with zero attached hydrogens (tertiary/aromatic N) is 1. The number of sulfonamides is 1. The molecule has 0 aromatic carbocycles. The van der Waals surface area contributed by atoms with Crippen LogP contribution in [0.4, 0.5) is 0 Å². The van der Waals surface area contributed by atoms with Gasteiger partial charge in [0.15, 0.2) is 0 Å². The number of hydrogen-bond acceptors (Lipinski definition) is 4. The van der Waals surface area contributed by atoms with E-state index >= 15 is 0 Å². The van der Waals surface area contributed by atoms with Gasteiger partial charge in [-0.05, 0) is 25.2 Å². The van der Waals surface area contributed by atoms with E-state index in [2.05, 4.69) is 4.72 Å². The van der Waals surface area contributed by atoms with E-state index in [9.17, 15) is 13.5 Å². The van der Waals surface area contributed by atoms with Crippen molar-refractivity contribution in [3.8, 4) is 6.07 Å². The maximum Gasteiger partial charge on any atom is 0.211 e. The topological polar surface area (TPSA) is 90.2 Å². The molecule has 0 saturated heterocycles. The molecule has 5 nitrogen and oxygen atoms in total. The molecule has 16 heavy (non-hydrogen) atoms. The molecule has 0 spiro atoms. The number of hydrogen-bond donors (Lipinski definition) is 2. The van der Waals surface area contributed by atoms with Gasteiger partial charge in [-0.3, -0.25) is 0 Å². The molecule has 0 bridgehead atoms. The van der Waals surface area contributed by atoms with Crippen LogP contribution >= 0.6 is 0 Å². The lowest BCUT2D eigenvalue weighted by Crippen LogP contribution is -2.33. The Kier molecular flexibility index (Phi) is 5.19. The van der Waals surface area contributed by atoms with Crippen LogP contribution in [0.5, 0.6) is 0 Å². The van der Waals surface area contributed by atoms with Gasteiger partial charge in [0.1, 0.15) is 0 Å². The van der Waals surface area contributed by atoms with Crippen LogP contribution in [-0.2, 0) is 10.0 Å². The lowest BCUT2D eigenvalue weighted by molar-refractivity contribution is 0.134. The summed E-state index contributed by atoms with van der Waals surface area (Å²) in [5.41, 5.74) is 0. The van der Waals surface area contributed by atoms with E-state index in [1.807, 2.05) is 6.07 Å². The van der Waals surface area contributed by atoms with E-state index in [4.69, 9.17) is 5.26 Å². The maximum absolute atomic E-state index is 11.5. The molecule has 2 atom stereocenters. The number of unbranched alkanes of at least 4 members (excludes halogenated alkanes) is 1. The van der Waals surface area contributed by atoms with Crippen molar-refractivity contribution in [3.05, 3.63) is 0 Å². The molecule has 2 N–H and O–H groups in total. The van der Waals surface area contributed by atoms with E-state index in [0.717, 1.165) is 19.3 Å². The van der Waals surface area contributed by atoms with Crippen LogP contribution in [0, 0.1) is 17.2 Å². The Balaban J connectivity index is 2.28. The molecule has 0 aliphatic heterocycles. The first-order valence-corrected chi connectivity index (χ1v) is 7.23. The van der Waals surface area contributed by atoms with Gasteiger partial charge in [-0.1, -0.05) is 6.42 Å². The lowest BCUT2D eigenvalue weighted by atomic mass is 10.1. The standard InChI is InChI=1S/C10H18N2O3S/c11-6-1-2-7-16(14,15)12-8-9-4-3-5-10(9)13/h9-10,12-13H,1-5,7-8H2. The first-order chi connectivity index (χ1) is 7.55. The van der Waals surface area contributed by atoms with Crippen molar-refractivity contribution in [1.82, 2.24) is 4.72 Å². The van der Waals surface area contributed by atoms with E-state index < -0.39 is 10.0 Å². The second-order valence-corrected chi connectivity index (χ2v) is 6.11. The molecule has 0 amide bonds. The number of aliphatic hydroxyl groups excluding tert-OH is 1. The number of nitriles is 1. The van der Waals surface area contributed by atoms with Crippen molar-refractivity contribution in [3.63, 3.8) is 0 Å². The molecule has 0 aromatic heterocycles. The fraction of sp³-hybridized carbons (Fsp3) is 0.900. The molecule has 1 rings (SSSR count). The fourth-order valence-electron chi connectivity index (χ4n) is 1.90. The van der Waals surface area contributed by atoms with E-state index in [0.29, 0.717) is 13.0 Å². The van der Waals surface area contributed by atoms with Gasteiger partial charge in [0.2, 0.25) is 10.0 Å². The van der Waals surface area contributed by atoms with Crippen molar-refractivity contribution in [2.75, 3.05) is 12.3 Å². The van der Waals surface area contributed by atoms with Crippen LogP contribution in [0.3, 0.4) is 0 Å². The van der Waals surface area contributed by atoms with E-state index in [1.54, 1.807) is 0 Å². The molecule has 2 unspecified atom stereocenters. The summed E-state index contributed by atoms with van der Waals surface area (Å²) >= 11 is 0. The van der Waals surface area contributed by atoms with E-state index in [-0.39, 0.29) is 24.2 Å². The third-order valence-electron chi connectivity index (χ3n) is 2.89. The Labute approximate surface area is 96.5 Å². The first-order valence-electron chi connectivity index (χ1n) is 5.57. The second kappa shape index (κ2) is 6.18. The molecular weight excluding hydrogens is 228 g/mol. The van der Waals surface area contributed by atoms with Crippen molar-refractivity contribution in [2.24, 2.45) is 5.92 Å². The number of aliphatic hydroxyl groups is 1. The van der Waals surface area contributed by atoms with E-state index in [1.165, 1.54) is 0 Å². The Hall–Kier alpha value is -0.640. The van der Waals surface area contributed by atoms with Gasteiger partial charge in [-0.25, -0.2) is 13.1 Å². The zero-order valence-electron chi connectivity index (χ0n) is 9.22. The highest BCUT2D eigenvalue weighted by Crippen LogP contribution is 2.24. The highest BCUT2D eigenvalue weighted by atomic mass is 32.2. The molecule has 1 saturated carbocycles. The summed E-state index contributed by atoms with van der Waals surface area (Å²) < 4.78 is 25.4. The largest absolute Gasteiger partial charge is 0.393 e. The van der Waals surface area contributed by atoms with Crippen LogP contribution in [0.2, 0.25) is 0 Å². The second-order valence-electron chi connectivity index (χ2n) is 4.19. The molecule has 1 fully saturated rings. The fourth-order valence-corrected chi connectivity index (χ4v) is 3.04. The summed E-state index contributed by atoms with van der Waals surface area (Å²) in [6.07, 6.45) is 2.85. The summed E-state index contributed by atoms with van der Waals surface area (Å²) in [6.45, 7) is 0.316. The van der Waals surface area contributed by atoms with Crippen molar-refractivity contribution < 1.29 is 13.5 Å². The van der Waals surface area contributed by atoms with Gasteiger partial charge in [-0.2, -0.15) is 5.26 Å². The van der Waals surface area contributed by atoms with Crippen molar-refractivity contribution >= 4 is 10.0 Å². The summed E-state index contributed by atoms with van der Waals surface area (Å²) in [5, 5.41) is 17.8. The first kappa shape index (κ1) is 13.4. The van der Waals surface area contributed by atoms with Crippen molar-refractivity contribution in [1.29, 1.82) is 5.26 Å². The summed E-state index contributed by atoms with van der Waals surface area (Å²) in [4.78, 5) is 0. The summed E-state index contributed by atoms with van der Waals surface area (Å²) in [5.74, 6) is 0.0364. The Morgan fingerprint density at radius 2 is 2.19 bits per heavy atom. The molecular formula is C10H18N2O3S. The Morgan fingerprint density at radius 1 is 1.44 bits per heavy atom. The third-order valence-corrected chi connectivity index (χ3v) is 4.32. The van der Waals surface area contributed by atoms with Gasteiger partial charge in [0.05, 0.1) is 17.9 Å². The van der Waals surface area contributed by atoms with Crippen LogP contribution in [-0.4, -0.2) is 31.9 Å². The molecule has 0 aromatic rings. The SMILES string of the molecule is N#CCCCS(=O)(=O)NCC1CCCC1O. The quantitative estimate of drug-likeness (QED) is 0.662. The third kappa shape index (κ3) is 4.47. The minimum Gasteiger partial charge on any atom is -0.393 e. The zero-order valence-corrected chi connectivity index (χ0v) is 10.0. The lowest BCUT2D eigenvalue weighted by Gasteiger charge is -2.14. The van der Waals surface area contributed by atoms with Gasteiger partial charge in [0, 0.05) is 13.0 Å². The van der Waals surface area contributed by atoms with Crippen LogP contribution in [0.25, 0.3) is 0 Å². The predicted molar refractivity (Wildman–Crippen MR) is 60.0 cm³/mol. The Morgan fingerprint density at radius 3 is 2.75 bits per heavy atom. The highest BCUT2D eigenvalue weighted by molar-refractivity contribution is 7.89. The van der Waals surface area contributed by atoms with Gasteiger partial charge < -0.3 is 5.11 Å². The molecule has 1 aliphatic carbocycles. The minimum absolute atomic E-state index is 0.0105. The van der Waals surface area contributed by atoms with Gasteiger partial charge in [0.25, 0.3) is 0 Å². The van der Waals surface area contributed by atoms with Crippen molar-refractivity contribution in [2.45, 2.75) is 38.2 Å². The van der Waals surface area contributed by atoms with Gasteiger partial charge in [-0.15, -0.1) is 0 Å². The average molecular weight is 246 g/mol. The molecule has 92 valence electrons. The Bertz CT molecular complexity index is 348. The zero-order chi connectivity index (χ0) is 12.0. The minimum atomic E-state index is -3.28. The predicted octanol–water partition coefficient (Wildman–Crippen LogP) is 0.371. The smallest absolute Gasteiger partial charge is 0.211 e. The molecule has 0 radical (unpaired) electrons. The van der Waals surface area contributed by atoms with Crippen LogP contribution < -0.4 is 4.72 Å². The normalized spacial score (nSPS) is 25.5. The average Bonchev–Trinajstić information content (AvgIpc) is 2.62. The molecule has 1 aliphatic rings. The molecule has 6 heteroatoms. The summed E-state index contributed by atoms with van der Waals surface area (Å²) in [7, 11) is -3.28. The maximum atomic E-state index is 11.5. The number of nitrogens with one attached hydrogen (secondary N) is 1. The molecule has 0 heterocycles. The van der Waals surface area contributed by atoms with Crippen LogP contribution in [0.15, 0.2) is 0 Å². The summed E-state index contributed by atoms with van der Waals surface area (Å²) in [6, 6.07) is 1.91. The monoisotopic (exact) mass is 246 g/mol.